The average molecular weight is 318 g/mol. The molecule has 2 rings (SSSR count). The summed E-state index contributed by atoms with van der Waals surface area (Å²) in [4.78, 5) is 11.4. The summed E-state index contributed by atoms with van der Waals surface area (Å²) in [5.74, 6) is 2.41. The summed E-state index contributed by atoms with van der Waals surface area (Å²) in [5, 5.41) is 0. The molecule has 1 unspecified atom stereocenters. The van der Waals surface area contributed by atoms with Crippen molar-refractivity contribution in [2.24, 2.45) is 5.92 Å². The van der Waals surface area contributed by atoms with E-state index in [2.05, 4.69) is 46.9 Å². The van der Waals surface area contributed by atoms with Gasteiger partial charge in [0, 0.05) is 15.2 Å². The fourth-order valence-electron chi connectivity index (χ4n) is 1.59. The van der Waals surface area contributed by atoms with Crippen molar-refractivity contribution in [1.82, 2.24) is 0 Å². The molecule has 0 radical (unpaired) electrons. The highest BCUT2D eigenvalue weighted by Crippen LogP contribution is 2.24. The molecule has 1 atom stereocenters. The number of rotatable bonds is 2. The van der Waals surface area contributed by atoms with E-state index < -0.39 is 0 Å². The van der Waals surface area contributed by atoms with Crippen LogP contribution in [0.5, 0.6) is 0 Å². The van der Waals surface area contributed by atoms with Gasteiger partial charge in [-0.2, -0.15) is 11.8 Å². The average Bonchev–Trinajstić information content (AvgIpc) is 2.56. The van der Waals surface area contributed by atoms with E-state index in [-0.39, 0.29) is 5.92 Å². The molecule has 1 heterocycles. The van der Waals surface area contributed by atoms with Gasteiger partial charge in [-0.15, -0.1) is 0 Å². The molecule has 0 aromatic heterocycles. The predicted octanol–water partition coefficient (Wildman–Crippen LogP) is 2.77. The molecule has 14 heavy (non-hydrogen) atoms. The van der Waals surface area contributed by atoms with Crippen LogP contribution in [-0.4, -0.2) is 17.3 Å². The quantitative estimate of drug-likeness (QED) is 0.780. The third-order valence-electron chi connectivity index (χ3n) is 2.41. The van der Waals surface area contributed by atoms with Crippen molar-refractivity contribution in [2.75, 3.05) is 11.5 Å². The number of hydrogen-bond donors (Lipinski definition) is 0. The van der Waals surface area contributed by atoms with Crippen molar-refractivity contribution in [3.8, 4) is 0 Å². The van der Waals surface area contributed by atoms with Crippen molar-refractivity contribution < 1.29 is 4.79 Å². The summed E-state index contributed by atoms with van der Waals surface area (Å²) < 4.78 is 1.25. The third-order valence-corrected chi connectivity index (χ3v) is 4.26. The Labute approximate surface area is 102 Å². The van der Waals surface area contributed by atoms with Crippen LogP contribution < -0.4 is 0 Å². The van der Waals surface area contributed by atoms with Gasteiger partial charge in [-0.05, 0) is 46.7 Å². The van der Waals surface area contributed by atoms with Crippen LogP contribution in [0.1, 0.15) is 5.56 Å². The number of benzene rings is 1. The van der Waals surface area contributed by atoms with E-state index in [0.29, 0.717) is 5.78 Å². The highest BCUT2D eigenvalue weighted by Gasteiger charge is 2.24. The predicted molar refractivity (Wildman–Crippen MR) is 68.7 cm³/mol. The maximum atomic E-state index is 11.4. The molecular weight excluding hydrogens is 307 g/mol. The first kappa shape index (κ1) is 10.5. The Morgan fingerprint density at radius 1 is 1.36 bits per heavy atom. The number of ketones is 1. The van der Waals surface area contributed by atoms with Gasteiger partial charge in [0.05, 0.1) is 5.75 Å². The Kier molecular flexibility index (Phi) is 3.49. The minimum absolute atomic E-state index is 0.264. The Morgan fingerprint density at radius 2 is 2.07 bits per heavy atom. The van der Waals surface area contributed by atoms with E-state index >= 15 is 0 Å². The Hall–Kier alpha value is -0.0300. The highest BCUT2D eigenvalue weighted by molar-refractivity contribution is 14.1. The van der Waals surface area contributed by atoms with Crippen molar-refractivity contribution in [3.63, 3.8) is 0 Å². The van der Waals surface area contributed by atoms with Crippen LogP contribution in [0.25, 0.3) is 0 Å². The summed E-state index contributed by atoms with van der Waals surface area (Å²) >= 11 is 4.06. The normalized spacial score (nSPS) is 21.5. The zero-order valence-electron chi connectivity index (χ0n) is 7.70. The number of Topliss-reactive ketones (excluding diaryl/α,β-unsaturated/α-hetero) is 1. The number of thioether (sulfide) groups is 1. The summed E-state index contributed by atoms with van der Waals surface area (Å²) in [6, 6.07) is 8.45. The zero-order valence-corrected chi connectivity index (χ0v) is 10.7. The van der Waals surface area contributed by atoms with Crippen molar-refractivity contribution in [3.05, 3.63) is 33.4 Å². The van der Waals surface area contributed by atoms with Crippen LogP contribution in [0, 0.1) is 9.49 Å². The minimum Gasteiger partial charge on any atom is -0.298 e. The molecule has 0 spiro atoms. The molecular formula is C11H11IOS. The summed E-state index contributed by atoms with van der Waals surface area (Å²) in [5.41, 5.74) is 1.28. The van der Waals surface area contributed by atoms with Gasteiger partial charge in [0.1, 0.15) is 5.78 Å². The van der Waals surface area contributed by atoms with E-state index in [0.717, 1.165) is 17.9 Å². The zero-order chi connectivity index (χ0) is 9.97. The first-order valence-electron chi connectivity index (χ1n) is 4.60. The van der Waals surface area contributed by atoms with Crippen molar-refractivity contribution in [2.45, 2.75) is 6.42 Å². The molecule has 1 aliphatic rings. The van der Waals surface area contributed by atoms with Crippen LogP contribution in [0.4, 0.5) is 0 Å². The van der Waals surface area contributed by atoms with Gasteiger partial charge < -0.3 is 0 Å². The fraction of sp³-hybridized carbons (Fsp3) is 0.364. The van der Waals surface area contributed by atoms with E-state index in [1.165, 1.54) is 9.13 Å². The van der Waals surface area contributed by atoms with E-state index in [9.17, 15) is 4.79 Å². The minimum atomic E-state index is 0.264. The largest absolute Gasteiger partial charge is 0.298 e. The summed E-state index contributed by atoms with van der Waals surface area (Å²) in [6.45, 7) is 0. The van der Waals surface area contributed by atoms with Crippen LogP contribution >= 0.6 is 34.4 Å². The molecule has 1 aromatic carbocycles. The molecule has 74 valence electrons. The fourth-order valence-corrected chi connectivity index (χ4v) is 3.09. The highest BCUT2D eigenvalue weighted by atomic mass is 127. The maximum Gasteiger partial charge on any atom is 0.146 e. The molecule has 0 N–H and O–H groups in total. The van der Waals surface area contributed by atoms with Crippen LogP contribution in [-0.2, 0) is 11.2 Å². The van der Waals surface area contributed by atoms with E-state index in [1.807, 2.05) is 0 Å². The molecule has 1 aromatic rings. The summed E-state index contributed by atoms with van der Waals surface area (Å²) in [6.07, 6.45) is 0.919. The molecule has 0 amide bonds. The Balaban J connectivity index is 2.03. The first-order valence-corrected chi connectivity index (χ1v) is 6.84. The van der Waals surface area contributed by atoms with Crippen LogP contribution in [0.15, 0.2) is 24.3 Å². The molecule has 1 fully saturated rings. The maximum absolute atomic E-state index is 11.4. The monoisotopic (exact) mass is 318 g/mol. The van der Waals surface area contributed by atoms with Gasteiger partial charge in [-0.25, -0.2) is 0 Å². The van der Waals surface area contributed by atoms with Gasteiger partial charge in [0.25, 0.3) is 0 Å². The lowest BCUT2D eigenvalue weighted by molar-refractivity contribution is -0.119. The molecule has 1 nitrogen and oxygen atoms in total. The van der Waals surface area contributed by atoms with Gasteiger partial charge in [-0.1, -0.05) is 12.1 Å². The Morgan fingerprint density at radius 3 is 2.64 bits per heavy atom. The molecule has 0 saturated carbocycles. The second kappa shape index (κ2) is 4.66. The lowest BCUT2D eigenvalue weighted by Crippen LogP contribution is -2.13. The SMILES string of the molecule is O=C1CSCC1Cc1ccc(I)cc1. The standard InChI is InChI=1S/C11H11IOS/c12-10-3-1-8(2-4-10)5-9-6-14-7-11(9)13/h1-4,9H,5-7H2. The molecule has 1 saturated heterocycles. The van der Waals surface area contributed by atoms with Crippen molar-refractivity contribution >= 4 is 40.1 Å². The lowest BCUT2D eigenvalue weighted by atomic mass is 9.98. The molecule has 1 aliphatic heterocycles. The van der Waals surface area contributed by atoms with Gasteiger partial charge in [0.2, 0.25) is 0 Å². The Bertz CT molecular complexity index is 334. The van der Waals surface area contributed by atoms with Crippen molar-refractivity contribution in [1.29, 1.82) is 0 Å². The third kappa shape index (κ3) is 2.51. The molecule has 0 aliphatic carbocycles. The smallest absolute Gasteiger partial charge is 0.146 e. The van der Waals surface area contributed by atoms with Gasteiger partial charge >= 0.3 is 0 Å². The number of carbonyl (C=O) groups excluding carboxylic acids is 1. The molecule has 0 bridgehead atoms. The second-order valence-electron chi connectivity index (χ2n) is 3.51. The van der Waals surface area contributed by atoms with Gasteiger partial charge in [0.15, 0.2) is 0 Å². The number of halogens is 1. The molecule has 3 heteroatoms. The number of carbonyl (C=O) groups is 1. The summed E-state index contributed by atoms with van der Waals surface area (Å²) in [7, 11) is 0. The van der Waals surface area contributed by atoms with Crippen LogP contribution in [0.2, 0.25) is 0 Å². The van der Waals surface area contributed by atoms with Crippen LogP contribution in [0.3, 0.4) is 0 Å². The lowest BCUT2D eigenvalue weighted by Gasteiger charge is -2.06. The van der Waals surface area contributed by atoms with Gasteiger partial charge in [-0.3, -0.25) is 4.79 Å². The first-order chi connectivity index (χ1) is 6.75. The topological polar surface area (TPSA) is 17.1 Å². The van der Waals surface area contributed by atoms with E-state index in [4.69, 9.17) is 0 Å². The number of hydrogen-bond acceptors (Lipinski definition) is 2. The second-order valence-corrected chi connectivity index (χ2v) is 5.78. The van der Waals surface area contributed by atoms with E-state index in [1.54, 1.807) is 11.8 Å².